The number of carbonyl (C=O) groups is 2. The van der Waals surface area contributed by atoms with E-state index in [1.165, 1.54) is 12.5 Å². The third-order valence-corrected chi connectivity index (χ3v) is 12.3. The van der Waals surface area contributed by atoms with Crippen molar-refractivity contribution in [1.82, 2.24) is 0 Å². The SMILES string of the molecule is CC(=O)O[C@@H]1CC[C@@]2(C)[C@@H](CC[C@@H]3[C@]2(O)CC=C2[C@](C)([C@H](C)CC/C=C(\C)C(=O)O)CC[C@]23C)C1(C)C. The number of allylic oxidation sites excluding steroid dienone is 2. The minimum Gasteiger partial charge on any atom is -0.478 e. The Morgan fingerprint density at radius 3 is 2.32 bits per heavy atom. The molecule has 4 rings (SSSR count). The van der Waals surface area contributed by atoms with Gasteiger partial charge in [-0.05, 0) is 93.3 Å². The molecule has 0 aromatic heterocycles. The van der Waals surface area contributed by atoms with Crippen molar-refractivity contribution >= 4 is 11.9 Å². The number of ether oxygens (including phenoxy) is 1. The van der Waals surface area contributed by atoms with Crippen molar-refractivity contribution < 1.29 is 24.5 Å². The lowest BCUT2D eigenvalue weighted by Gasteiger charge is -2.68. The van der Waals surface area contributed by atoms with Crippen LogP contribution in [-0.4, -0.2) is 33.9 Å². The van der Waals surface area contributed by atoms with E-state index in [1.54, 1.807) is 6.92 Å². The van der Waals surface area contributed by atoms with Crippen LogP contribution in [0.5, 0.6) is 0 Å². The monoisotopic (exact) mass is 514 g/mol. The molecule has 0 amide bonds. The lowest BCUT2D eigenvalue weighted by Crippen LogP contribution is -2.68. The molecule has 2 N–H and O–H groups in total. The molecule has 8 atom stereocenters. The van der Waals surface area contributed by atoms with Crippen LogP contribution in [0.3, 0.4) is 0 Å². The topological polar surface area (TPSA) is 83.8 Å². The Morgan fingerprint density at radius 2 is 1.70 bits per heavy atom. The highest BCUT2D eigenvalue weighted by atomic mass is 16.5. The maximum atomic E-state index is 12.7. The third-order valence-electron chi connectivity index (χ3n) is 12.3. The highest BCUT2D eigenvalue weighted by molar-refractivity contribution is 5.85. The van der Waals surface area contributed by atoms with Crippen molar-refractivity contribution in [3.63, 3.8) is 0 Å². The normalized spacial score (nSPS) is 43.6. The summed E-state index contributed by atoms with van der Waals surface area (Å²) < 4.78 is 5.80. The minimum atomic E-state index is -0.837. The van der Waals surface area contributed by atoms with Crippen LogP contribution in [0.2, 0.25) is 0 Å². The Bertz CT molecular complexity index is 1010. The average Bonchev–Trinajstić information content (AvgIpc) is 3.08. The summed E-state index contributed by atoms with van der Waals surface area (Å²) in [5.74, 6) is -0.0791. The number of aliphatic hydroxyl groups is 1. The van der Waals surface area contributed by atoms with Crippen molar-refractivity contribution in [2.24, 2.45) is 39.4 Å². The molecule has 4 aliphatic rings. The van der Waals surface area contributed by atoms with E-state index in [4.69, 9.17) is 4.74 Å². The van der Waals surface area contributed by atoms with Crippen LogP contribution in [0.25, 0.3) is 0 Å². The molecule has 0 aliphatic heterocycles. The zero-order chi connectivity index (χ0) is 27.6. The molecule has 3 saturated carbocycles. The molecule has 37 heavy (non-hydrogen) atoms. The summed E-state index contributed by atoms with van der Waals surface area (Å²) in [4.78, 5) is 23.0. The molecular formula is C32H50O5. The second-order valence-corrected chi connectivity index (χ2v) is 14.3. The predicted octanol–water partition coefficient (Wildman–Crippen LogP) is 7.09. The summed E-state index contributed by atoms with van der Waals surface area (Å²) in [6.45, 7) is 17.1. The molecule has 0 saturated heterocycles. The zero-order valence-corrected chi connectivity index (χ0v) is 24.4. The number of carbonyl (C=O) groups excluding carboxylic acids is 1. The second-order valence-electron chi connectivity index (χ2n) is 14.3. The summed E-state index contributed by atoms with van der Waals surface area (Å²) in [6, 6.07) is 0. The molecule has 0 heterocycles. The molecule has 0 aromatic carbocycles. The number of hydrogen-bond donors (Lipinski definition) is 2. The van der Waals surface area contributed by atoms with Crippen LogP contribution >= 0.6 is 0 Å². The molecule has 3 fully saturated rings. The minimum absolute atomic E-state index is 0.0202. The Labute approximate surface area is 224 Å². The molecule has 0 aromatic rings. The van der Waals surface area contributed by atoms with E-state index in [2.05, 4.69) is 47.6 Å². The highest BCUT2D eigenvalue weighted by Crippen LogP contribution is 2.73. The van der Waals surface area contributed by atoms with Gasteiger partial charge in [0.1, 0.15) is 6.10 Å². The van der Waals surface area contributed by atoms with Gasteiger partial charge < -0.3 is 14.9 Å². The van der Waals surface area contributed by atoms with Gasteiger partial charge in [-0.2, -0.15) is 0 Å². The van der Waals surface area contributed by atoms with Crippen molar-refractivity contribution in [2.45, 2.75) is 125 Å². The Morgan fingerprint density at radius 1 is 1.05 bits per heavy atom. The third kappa shape index (κ3) is 4.13. The summed E-state index contributed by atoms with van der Waals surface area (Å²) >= 11 is 0. The van der Waals surface area contributed by atoms with Crippen molar-refractivity contribution in [1.29, 1.82) is 0 Å². The van der Waals surface area contributed by atoms with Gasteiger partial charge >= 0.3 is 11.9 Å². The van der Waals surface area contributed by atoms with Crippen molar-refractivity contribution in [2.75, 3.05) is 0 Å². The van der Waals surface area contributed by atoms with Gasteiger partial charge in [-0.3, -0.25) is 4.79 Å². The van der Waals surface area contributed by atoms with E-state index in [-0.39, 0.29) is 39.7 Å². The quantitative estimate of drug-likeness (QED) is 0.225. The Balaban J connectivity index is 1.62. The van der Waals surface area contributed by atoms with E-state index in [0.717, 1.165) is 51.4 Å². The van der Waals surface area contributed by atoms with Crippen molar-refractivity contribution in [3.05, 3.63) is 23.3 Å². The van der Waals surface area contributed by atoms with Gasteiger partial charge in [-0.15, -0.1) is 0 Å². The van der Waals surface area contributed by atoms with Crippen LogP contribution < -0.4 is 0 Å². The van der Waals surface area contributed by atoms with E-state index < -0.39 is 11.6 Å². The maximum Gasteiger partial charge on any atom is 0.330 e. The average molecular weight is 515 g/mol. The predicted molar refractivity (Wildman–Crippen MR) is 146 cm³/mol. The molecule has 0 unspecified atom stereocenters. The lowest BCUT2D eigenvalue weighted by molar-refractivity contribution is -0.251. The summed E-state index contributed by atoms with van der Waals surface area (Å²) in [7, 11) is 0. The van der Waals surface area contributed by atoms with Crippen molar-refractivity contribution in [3.8, 4) is 0 Å². The fourth-order valence-corrected chi connectivity index (χ4v) is 9.83. The van der Waals surface area contributed by atoms with Gasteiger partial charge in [0.15, 0.2) is 0 Å². The smallest absolute Gasteiger partial charge is 0.330 e. The van der Waals surface area contributed by atoms with E-state index in [9.17, 15) is 19.8 Å². The summed E-state index contributed by atoms with van der Waals surface area (Å²) in [6.07, 6.45) is 12.6. The first-order valence-corrected chi connectivity index (χ1v) is 14.5. The largest absolute Gasteiger partial charge is 0.478 e. The molecule has 0 spiro atoms. The van der Waals surface area contributed by atoms with Gasteiger partial charge in [0.2, 0.25) is 0 Å². The van der Waals surface area contributed by atoms with Crippen LogP contribution in [0.15, 0.2) is 23.3 Å². The molecule has 0 radical (unpaired) electrons. The van der Waals surface area contributed by atoms with E-state index in [1.807, 2.05) is 6.08 Å². The number of carboxylic acids is 1. The molecule has 5 nitrogen and oxygen atoms in total. The Hall–Kier alpha value is -1.62. The molecule has 208 valence electrons. The van der Waals surface area contributed by atoms with Crippen LogP contribution in [0.4, 0.5) is 0 Å². The molecule has 0 bridgehead atoms. The second kappa shape index (κ2) is 9.24. The van der Waals surface area contributed by atoms with Crippen LogP contribution in [-0.2, 0) is 14.3 Å². The first kappa shape index (κ1) is 28.4. The lowest BCUT2D eigenvalue weighted by atomic mass is 9.39. The molecule has 5 heteroatoms. The number of hydrogen-bond acceptors (Lipinski definition) is 4. The zero-order valence-electron chi connectivity index (χ0n) is 24.4. The van der Waals surface area contributed by atoms with Crippen LogP contribution in [0.1, 0.15) is 113 Å². The van der Waals surface area contributed by atoms with Gasteiger partial charge in [0.25, 0.3) is 0 Å². The number of fused-ring (bicyclic) bond motifs is 5. The fourth-order valence-electron chi connectivity index (χ4n) is 9.83. The molecule has 4 aliphatic carbocycles. The highest BCUT2D eigenvalue weighted by Gasteiger charge is 2.70. The van der Waals surface area contributed by atoms with Gasteiger partial charge in [0, 0.05) is 23.3 Å². The number of carboxylic acid groups (broad SMARTS) is 1. The maximum absolute atomic E-state index is 12.7. The van der Waals surface area contributed by atoms with E-state index >= 15 is 0 Å². The Kier molecular flexibility index (Phi) is 7.09. The van der Waals surface area contributed by atoms with Crippen LogP contribution in [0, 0.1) is 39.4 Å². The fraction of sp³-hybridized carbons (Fsp3) is 0.812. The first-order valence-electron chi connectivity index (χ1n) is 14.5. The van der Waals surface area contributed by atoms with E-state index in [0.29, 0.717) is 23.8 Å². The number of aliphatic carboxylic acids is 1. The summed E-state index contributed by atoms with van der Waals surface area (Å²) in [5, 5.41) is 21.9. The summed E-state index contributed by atoms with van der Waals surface area (Å²) in [5.41, 5.74) is 0.860. The standard InChI is InChI=1S/C32H50O5/c1-20(27(34)35)10-9-11-21(2)29(6)18-19-30(7)24(29)14-17-32(36)25(30)13-12-23-28(4,5)26(37-22(3)33)15-16-31(23,32)8/h10,14,21,23,25-26,36H,9,11-13,15-19H2,1-8H3,(H,34,35)/b20-10+/t21-,23+,25+,26-,29+,30-,31+,32-/m1/s1. The molecular weight excluding hydrogens is 464 g/mol. The first-order chi connectivity index (χ1) is 17.0. The van der Waals surface area contributed by atoms with Gasteiger partial charge in [-0.25, -0.2) is 4.79 Å². The number of rotatable bonds is 6. The number of esters is 1. The van der Waals surface area contributed by atoms with Gasteiger partial charge in [-0.1, -0.05) is 59.3 Å². The van der Waals surface area contributed by atoms with Gasteiger partial charge in [0.05, 0.1) is 5.60 Å².